The number of anilines is 1. The Labute approximate surface area is 157 Å². The lowest BCUT2D eigenvalue weighted by molar-refractivity contribution is 0.0506. The Morgan fingerprint density at radius 3 is 2.72 bits per heavy atom. The van der Waals surface area contributed by atoms with E-state index >= 15 is 0 Å². The molecular formula is C15H17BrN2O5S2. The molecule has 0 aliphatic heterocycles. The summed E-state index contributed by atoms with van der Waals surface area (Å²) in [5, 5.41) is 0. The first kappa shape index (κ1) is 19.7. The third-order valence-corrected chi connectivity index (χ3v) is 6.51. The first-order valence-corrected chi connectivity index (χ1v) is 10.6. The highest BCUT2D eigenvalue weighted by atomic mass is 79.9. The van der Waals surface area contributed by atoms with Gasteiger partial charge in [-0.15, -0.1) is 0 Å². The van der Waals surface area contributed by atoms with Gasteiger partial charge in [0.05, 0.1) is 17.9 Å². The zero-order chi connectivity index (χ0) is 18.6. The van der Waals surface area contributed by atoms with Crippen LogP contribution in [0.3, 0.4) is 0 Å². The molecule has 0 atom stereocenters. The van der Waals surface area contributed by atoms with Gasteiger partial charge in [0.1, 0.15) is 0 Å². The molecule has 0 radical (unpaired) electrons. The number of H-pyrrole nitrogens is 1. The van der Waals surface area contributed by atoms with Crippen LogP contribution in [-0.2, 0) is 21.2 Å². The van der Waals surface area contributed by atoms with Gasteiger partial charge in [-0.2, -0.15) is 0 Å². The Hall–Kier alpha value is -1.65. The molecular weight excluding hydrogens is 432 g/mol. The zero-order valence-electron chi connectivity index (χ0n) is 13.6. The summed E-state index contributed by atoms with van der Waals surface area (Å²) in [4.78, 5) is 25.7. The number of nitrogens with one attached hydrogen (secondary N) is 2. The predicted molar refractivity (Wildman–Crippen MR) is 99.8 cm³/mol. The number of benzene rings is 1. The Morgan fingerprint density at radius 1 is 1.36 bits per heavy atom. The van der Waals surface area contributed by atoms with E-state index in [4.69, 9.17) is 4.74 Å². The molecule has 2 N–H and O–H groups in total. The fourth-order valence-electron chi connectivity index (χ4n) is 2.03. The van der Waals surface area contributed by atoms with E-state index in [9.17, 15) is 18.0 Å². The molecule has 25 heavy (non-hydrogen) atoms. The third-order valence-electron chi connectivity index (χ3n) is 3.17. The number of hydrogen-bond acceptors (Lipinski definition) is 6. The topological polar surface area (TPSA) is 105 Å². The van der Waals surface area contributed by atoms with Crippen LogP contribution in [0.25, 0.3) is 0 Å². The number of ether oxygens (including phenoxy) is 1. The minimum Gasteiger partial charge on any atom is -0.462 e. The molecule has 2 aromatic rings. The van der Waals surface area contributed by atoms with Gasteiger partial charge >= 0.3 is 10.8 Å². The van der Waals surface area contributed by atoms with Crippen molar-refractivity contribution in [2.24, 2.45) is 0 Å². The van der Waals surface area contributed by atoms with Crippen molar-refractivity contribution in [2.45, 2.75) is 30.9 Å². The van der Waals surface area contributed by atoms with E-state index in [0.29, 0.717) is 34.3 Å². The largest absolute Gasteiger partial charge is 0.462 e. The van der Waals surface area contributed by atoms with Crippen molar-refractivity contribution in [3.8, 4) is 0 Å². The maximum atomic E-state index is 12.6. The highest BCUT2D eigenvalue weighted by Gasteiger charge is 2.24. The number of thiazole rings is 1. The highest BCUT2D eigenvalue weighted by Crippen LogP contribution is 2.26. The second kappa shape index (κ2) is 8.15. The van der Waals surface area contributed by atoms with Gasteiger partial charge in [0.2, 0.25) is 0 Å². The molecule has 2 rings (SSSR count). The molecule has 0 bridgehead atoms. The number of aryl methyl sites for hydroxylation is 1. The molecule has 0 aliphatic rings. The van der Waals surface area contributed by atoms with Crippen LogP contribution >= 0.6 is 27.3 Å². The summed E-state index contributed by atoms with van der Waals surface area (Å²) < 4.78 is 33.3. The minimum absolute atomic E-state index is 0.0872. The summed E-state index contributed by atoms with van der Waals surface area (Å²) in [7, 11) is -4.01. The fourth-order valence-corrected chi connectivity index (χ4v) is 4.93. The van der Waals surface area contributed by atoms with Crippen LogP contribution in [0.2, 0.25) is 0 Å². The average molecular weight is 449 g/mol. The predicted octanol–water partition coefficient (Wildman–Crippen LogP) is 3.13. The molecule has 136 valence electrons. The van der Waals surface area contributed by atoms with Crippen molar-refractivity contribution in [1.82, 2.24) is 4.98 Å². The van der Waals surface area contributed by atoms with Gasteiger partial charge in [-0.25, -0.2) is 13.2 Å². The van der Waals surface area contributed by atoms with E-state index < -0.39 is 20.9 Å². The lowest BCUT2D eigenvalue weighted by Gasteiger charge is -2.12. The van der Waals surface area contributed by atoms with Crippen molar-refractivity contribution in [2.75, 3.05) is 11.3 Å². The Bertz CT molecular complexity index is 934. The van der Waals surface area contributed by atoms with Crippen molar-refractivity contribution in [3.05, 3.63) is 43.6 Å². The number of carbonyl (C=O) groups is 1. The molecule has 0 aliphatic carbocycles. The van der Waals surface area contributed by atoms with Gasteiger partial charge in [0, 0.05) is 10.2 Å². The van der Waals surface area contributed by atoms with Crippen LogP contribution in [0, 0.1) is 0 Å². The Kier molecular flexibility index (Phi) is 6.42. The molecule has 0 spiro atoms. The number of sulfonamides is 1. The summed E-state index contributed by atoms with van der Waals surface area (Å²) in [5.74, 6) is -0.626. The zero-order valence-corrected chi connectivity index (χ0v) is 16.8. The average Bonchev–Trinajstić information content (AvgIpc) is 2.96. The molecule has 0 fully saturated rings. The number of aromatic nitrogens is 1. The molecule has 0 amide bonds. The van der Waals surface area contributed by atoms with Crippen LogP contribution in [0.5, 0.6) is 0 Å². The third kappa shape index (κ3) is 4.71. The summed E-state index contributed by atoms with van der Waals surface area (Å²) in [6, 6.07) is 4.55. The summed E-state index contributed by atoms with van der Waals surface area (Å²) in [5.41, 5.74) is 0.509. The van der Waals surface area contributed by atoms with Gasteiger partial charge in [-0.1, -0.05) is 41.1 Å². The van der Waals surface area contributed by atoms with Crippen LogP contribution in [-0.4, -0.2) is 26.0 Å². The number of halogens is 1. The summed E-state index contributed by atoms with van der Waals surface area (Å²) in [6.45, 7) is 3.83. The first-order valence-electron chi connectivity index (χ1n) is 7.50. The Morgan fingerprint density at radius 2 is 2.08 bits per heavy atom. The summed E-state index contributed by atoms with van der Waals surface area (Å²) in [6.07, 6.45) is 1.01. The maximum absolute atomic E-state index is 12.6. The monoisotopic (exact) mass is 448 g/mol. The molecule has 7 nitrogen and oxygen atoms in total. The quantitative estimate of drug-likeness (QED) is 0.632. The fraction of sp³-hybridized carbons (Fsp3) is 0.333. The molecule has 0 saturated carbocycles. The van der Waals surface area contributed by atoms with Gasteiger partial charge in [-0.3, -0.25) is 9.52 Å². The van der Waals surface area contributed by atoms with Crippen LogP contribution in [0.15, 0.2) is 31.7 Å². The molecule has 10 heteroatoms. The van der Waals surface area contributed by atoms with E-state index in [1.807, 2.05) is 6.92 Å². The van der Waals surface area contributed by atoms with Crippen LogP contribution in [0.1, 0.15) is 36.3 Å². The van der Waals surface area contributed by atoms with E-state index in [-0.39, 0.29) is 22.1 Å². The number of esters is 1. The minimum atomic E-state index is -4.01. The Balaban J connectivity index is 2.42. The van der Waals surface area contributed by atoms with Gasteiger partial charge in [0.15, 0.2) is 4.21 Å². The summed E-state index contributed by atoms with van der Waals surface area (Å²) >= 11 is 3.86. The van der Waals surface area contributed by atoms with Crippen molar-refractivity contribution < 1.29 is 17.9 Å². The first-order chi connectivity index (χ1) is 11.8. The molecule has 1 aromatic heterocycles. The van der Waals surface area contributed by atoms with Crippen LogP contribution in [0.4, 0.5) is 5.69 Å². The number of aromatic amines is 1. The number of rotatable bonds is 7. The molecule has 0 unspecified atom stereocenters. The second-order valence-corrected chi connectivity index (χ2v) is 8.84. The lowest BCUT2D eigenvalue weighted by atomic mass is 10.2. The maximum Gasteiger partial charge on any atom is 0.340 e. The van der Waals surface area contributed by atoms with E-state index in [2.05, 4.69) is 25.6 Å². The van der Waals surface area contributed by atoms with Crippen molar-refractivity contribution in [1.29, 1.82) is 0 Å². The van der Waals surface area contributed by atoms with Crippen molar-refractivity contribution in [3.63, 3.8) is 0 Å². The number of hydrogen-bond donors (Lipinski definition) is 2. The standard InChI is InChI=1S/C15H17BrN2O5S2/c1-3-7-23-13(19)10-8-9(16)5-6-12(10)18-25(21,22)14-11(4-2)17-15(20)24-14/h5-6,8,18H,3-4,7H2,1-2H3,(H,17,20). The second-order valence-electron chi connectivity index (χ2n) is 5.07. The van der Waals surface area contributed by atoms with E-state index in [0.717, 1.165) is 0 Å². The van der Waals surface area contributed by atoms with Gasteiger partial charge in [-0.05, 0) is 31.0 Å². The molecule has 1 aromatic carbocycles. The molecule has 0 saturated heterocycles. The lowest BCUT2D eigenvalue weighted by Crippen LogP contribution is -2.17. The van der Waals surface area contributed by atoms with Crippen molar-refractivity contribution >= 4 is 48.9 Å². The van der Waals surface area contributed by atoms with E-state index in [1.54, 1.807) is 13.0 Å². The number of carbonyl (C=O) groups excluding carboxylic acids is 1. The molecule has 1 heterocycles. The van der Waals surface area contributed by atoms with E-state index in [1.165, 1.54) is 12.1 Å². The SMILES string of the molecule is CCCOC(=O)c1cc(Br)ccc1NS(=O)(=O)c1sc(=O)[nH]c1CC. The van der Waals surface area contributed by atoms with Gasteiger partial charge < -0.3 is 9.72 Å². The smallest absolute Gasteiger partial charge is 0.340 e. The van der Waals surface area contributed by atoms with Gasteiger partial charge in [0.25, 0.3) is 10.0 Å². The normalized spacial score (nSPS) is 11.3. The highest BCUT2D eigenvalue weighted by molar-refractivity contribution is 9.10. The van der Waals surface area contributed by atoms with Crippen LogP contribution < -0.4 is 9.60 Å².